The van der Waals surface area contributed by atoms with Gasteiger partial charge < -0.3 is 0 Å². The maximum Gasteiger partial charge on any atom is 0.159 e. The molecule has 0 bridgehead atoms. The Morgan fingerprint density at radius 2 is 1.36 bits per heavy atom. The summed E-state index contributed by atoms with van der Waals surface area (Å²) in [6.45, 7) is 2.23. The summed E-state index contributed by atoms with van der Waals surface area (Å²) >= 11 is 0. The Balaban J connectivity index is 1.66. The lowest BCUT2D eigenvalue weighted by Crippen LogP contribution is -1.91. The van der Waals surface area contributed by atoms with Crippen LogP contribution in [-0.2, 0) is 6.42 Å². The minimum Gasteiger partial charge on any atom is -0.236 e. The Morgan fingerprint density at radius 1 is 0.720 bits per heavy atom. The number of halogens is 1. The molecule has 0 aliphatic carbocycles. The lowest BCUT2D eigenvalue weighted by Gasteiger charge is -2.05. The molecule has 0 spiro atoms. The number of unbranched alkanes of at least 4 members (excludes halogenated alkanes) is 3. The van der Waals surface area contributed by atoms with E-state index in [0.29, 0.717) is 5.82 Å². The van der Waals surface area contributed by atoms with Crippen molar-refractivity contribution in [2.24, 2.45) is 0 Å². The van der Waals surface area contributed by atoms with Gasteiger partial charge in [0.05, 0.1) is 0 Å². The monoisotopic (exact) mass is 334 g/mol. The van der Waals surface area contributed by atoms with Gasteiger partial charge in [-0.2, -0.15) is 0 Å². The van der Waals surface area contributed by atoms with E-state index in [0.717, 1.165) is 23.1 Å². The van der Waals surface area contributed by atoms with Crippen molar-refractivity contribution in [2.75, 3.05) is 0 Å². The van der Waals surface area contributed by atoms with Gasteiger partial charge in [-0.05, 0) is 48.2 Å². The first-order valence-corrected chi connectivity index (χ1v) is 8.93. The molecule has 0 N–H and O–H groups in total. The summed E-state index contributed by atoms with van der Waals surface area (Å²) in [7, 11) is 0. The minimum absolute atomic E-state index is 0.254. The SMILES string of the molecule is CCCCCCc1ccc(-c2cnc(-c3ccc(F)cc3)nc2)cc1. The number of aromatic nitrogens is 2. The van der Waals surface area contributed by atoms with Gasteiger partial charge in [-0.1, -0.05) is 50.5 Å². The molecule has 0 saturated carbocycles. The van der Waals surface area contributed by atoms with Crippen LogP contribution in [0, 0.1) is 5.82 Å². The van der Waals surface area contributed by atoms with Gasteiger partial charge in [-0.3, -0.25) is 0 Å². The normalized spacial score (nSPS) is 10.8. The average Bonchev–Trinajstić information content (AvgIpc) is 2.67. The fraction of sp³-hybridized carbons (Fsp3) is 0.273. The highest BCUT2D eigenvalue weighted by molar-refractivity contribution is 5.64. The van der Waals surface area contributed by atoms with Crippen LogP contribution in [0.5, 0.6) is 0 Å². The van der Waals surface area contributed by atoms with Gasteiger partial charge in [0.25, 0.3) is 0 Å². The molecular weight excluding hydrogens is 311 g/mol. The van der Waals surface area contributed by atoms with Crippen molar-refractivity contribution in [1.29, 1.82) is 0 Å². The number of aryl methyl sites for hydroxylation is 1. The second kappa shape index (κ2) is 8.52. The zero-order valence-electron chi connectivity index (χ0n) is 14.6. The first kappa shape index (κ1) is 17.3. The summed E-state index contributed by atoms with van der Waals surface area (Å²) in [6.07, 6.45) is 9.92. The van der Waals surface area contributed by atoms with Crippen molar-refractivity contribution in [3.63, 3.8) is 0 Å². The second-order valence-corrected chi connectivity index (χ2v) is 6.31. The van der Waals surface area contributed by atoms with Crippen molar-refractivity contribution in [1.82, 2.24) is 9.97 Å². The van der Waals surface area contributed by atoms with E-state index >= 15 is 0 Å². The first-order valence-electron chi connectivity index (χ1n) is 8.93. The maximum atomic E-state index is 13.0. The molecule has 128 valence electrons. The largest absolute Gasteiger partial charge is 0.236 e. The zero-order chi connectivity index (χ0) is 17.5. The second-order valence-electron chi connectivity index (χ2n) is 6.31. The fourth-order valence-corrected chi connectivity index (χ4v) is 2.84. The smallest absolute Gasteiger partial charge is 0.159 e. The molecule has 1 aromatic heterocycles. The number of benzene rings is 2. The van der Waals surface area contributed by atoms with Gasteiger partial charge >= 0.3 is 0 Å². The van der Waals surface area contributed by atoms with Crippen LogP contribution in [0.3, 0.4) is 0 Å². The van der Waals surface area contributed by atoms with E-state index in [1.54, 1.807) is 12.1 Å². The maximum absolute atomic E-state index is 13.0. The topological polar surface area (TPSA) is 25.8 Å². The lowest BCUT2D eigenvalue weighted by atomic mass is 10.0. The molecular formula is C22H23FN2. The summed E-state index contributed by atoms with van der Waals surface area (Å²) in [4.78, 5) is 8.83. The number of hydrogen-bond donors (Lipinski definition) is 0. The van der Waals surface area contributed by atoms with E-state index in [9.17, 15) is 4.39 Å². The standard InChI is InChI=1S/C22H23FN2/c1-2-3-4-5-6-17-7-9-18(10-8-17)20-15-24-22(25-16-20)19-11-13-21(23)14-12-19/h7-16H,2-6H2,1H3. The third kappa shape index (κ3) is 4.72. The highest BCUT2D eigenvalue weighted by Gasteiger charge is 2.04. The highest BCUT2D eigenvalue weighted by Crippen LogP contribution is 2.21. The summed E-state index contributed by atoms with van der Waals surface area (Å²) < 4.78 is 13.0. The Kier molecular flexibility index (Phi) is 5.89. The van der Waals surface area contributed by atoms with Crippen molar-refractivity contribution in [3.05, 3.63) is 72.3 Å². The van der Waals surface area contributed by atoms with Crippen molar-refractivity contribution >= 4 is 0 Å². The van der Waals surface area contributed by atoms with Crippen LogP contribution in [0.4, 0.5) is 4.39 Å². The van der Waals surface area contributed by atoms with Crippen molar-refractivity contribution in [2.45, 2.75) is 39.0 Å². The van der Waals surface area contributed by atoms with Crippen LogP contribution in [0.15, 0.2) is 60.9 Å². The van der Waals surface area contributed by atoms with Crippen LogP contribution >= 0.6 is 0 Å². The zero-order valence-corrected chi connectivity index (χ0v) is 14.6. The number of hydrogen-bond acceptors (Lipinski definition) is 2. The van der Waals surface area contributed by atoms with E-state index in [2.05, 4.69) is 41.2 Å². The lowest BCUT2D eigenvalue weighted by molar-refractivity contribution is 0.628. The van der Waals surface area contributed by atoms with Gasteiger partial charge in [0, 0.05) is 23.5 Å². The molecule has 3 aromatic rings. The Hall–Kier alpha value is -2.55. The molecule has 0 saturated heterocycles. The average molecular weight is 334 g/mol. The van der Waals surface area contributed by atoms with Crippen LogP contribution in [0.1, 0.15) is 38.2 Å². The molecule has 25 heavy (non-hydrogen) atoms. The molecule has 0 atom stereocenters. The number of rotatable bonds is 7. The van der Waals surface area contributed by atoms with Crippen LogP contribution in [-0.4, -0.2) is 9.97 Å². The molecule has 3 rings (SSSR count). The summed E-state index contributed by atoms with van der Waals surface area (Å²) in [6, 6.07) is 14.9. The predicted octanol–water partition coefficient (Wildman–Crippen LogP) is 6.07. The molecule has 0 unspecified atom stereocenters. The Labute approximate surface area is 148 Å². The van der Waals surface area contributed by atoms with E-state index in [1.165, 1.54) is 43.4 Å². The van der Waals surface area contributed by atoms with E-state index in [-0.39, 0.29) is 5.82 Å². The van der Waals surface area contributed by atoms with Crippen LogP contribution < -0.4 is 0 Å². The number of nitrogens with zero attached hydrogens (tertiary/aromatic N) is 2. The van der Waals surface area contributed by atoms with Crippen LogP contribution in [0.25, 0.3) is 22.5 Å². The van der Waals surface area contributed by atoms with E-state index in [4.69, 9.17) is 0 Å². The Morgan fingerprint density at radius 3 is 2.00 bits per heavy atom. The van der Waals surface area contributed by atoms with Gasteiger partial charge in [-0.15, -0.1) is 0 Å². The molecule has 0 aliphatic heterocycles. The highest BCUT2D eigenvalue weighted by atomic mass is 19.1. The molecule has 3 heteroatoms. The van der Waals surface area contributed by atoms with Gasteiger partial charge in [0.2, 0.25) is 0 Å². The minimum atomic E-state index is -0.254. The van der Waals surface area contributed by atoms with Gasteiger partial charge in [-0.25, -0.2) is 14.4 Å². The molecule has 0 amide bonds. The third-order valence-electron chi connectivity index (χ3n) is 4.36. The van der Waals surface area contributed by atoms with Gasteiger partial charge in [0.15, 0.2) is 5.82 Å². The summed E-state index contributed by atoms with van der Waals surface area (Å²) in [5.74, 6) is 0.353. The molecule has 2 aromatic carbocycles. The Bertz CT molecular complexity index is 778. The summed E-state index contributed by atoms with van der Waals surface area (Å²) in [5.41, 5.74) is 4.30. The van der Waals surface area contributed by atoms with Crippen molar-refractivity contribution < 1.29 is 4.39 Å². The fourth-order valence-electron chi connectivity index (χ4n) is 2.84. The summed E-state index contributed by atoms with van der Waals surface area (Å²) in [5, 5.41) is 0. The first-order chi connectivity index (χ1) is 12.3. The molecule has 0 aliphatic rings. The third-order valence-corrected chi connectivity index (χ3v) is 4.36. The molecule has 0 fully saturated rings. The van der Waals surface area contributed by atoms with E-state index in [1.807, 2.05) is 12.4 Å². The van der Waals surface area contributed by atoms with Gasteiger partial charge in [0.1, 0.15) is 5.82 Å². The molecule has 2 nitrogen and oxygen atoms in total. The predicted molar refractivity (Wildman–Crippen MR) is 101 cm³/mol. The van der Waals surface area contributed by atoms with Crippen LogP contribution in [0.2, 0.25) is 0 Å². The molecule has 0 radical (unpaired) electrons. The molecule has 1 heterocycles. The quantitative estimate of drug-likeness (QED) is 0.490. The van der Waals surface area contributed by atoms with E-state index < -0.39 is 0 Å². The van der Waals surface area contributed by atoms with Crippen molar-refractivity contribution in [3.8, 4) is 22.5 Å².